The Hall–Kier alpha value is -1.29. The SMILES string of the molecule is C[C@H](Sc1n[nH]c(=O)n1C)C(=O)N(C)[C@H]1CCS(=O)(=O)C1. The maximum Gasteiger partial charge on any atom is 0.343 e. The molecule has 2 rings (SSSR count). The summed E-state index contributed by atoms with van der Waals surface area (Å²) in [5, 5.41) is 6.12. The topological polar surface area (TPSA) is 105 Å². The summed E-state index contributed by atoms with van der Waals surface area (Å²) < 4.78 is 24.3. The van der Waals surface area contributed by atoms with Crippen molar-refractivity contribution < 1.29 is 13.2 Å². The Kier molecular flexibility index (Phi) is 4.47. The number of thioether (sulfide) groups is 1. The Morgan fingerprint density at radius 1 is 1.57 bits per heavy atom. The van der Waals surface area contributed by atoms with E-state index in [9.17, 15) is 18.0 Å². The molecule has 0 bridgehead atoms. The summed E-state index contributed by atoms with van der Waals surface area (Å²) >= 11 is 1.17. The first-order chi connectivity index (χ1) is 9.71. The van der Waals surface area contributed by atoms with Crippen LogP contribution < -0.4 is 5.69 Å². The molecule has 1 aliphatic heterocycles. The maximum absolute atomic E-state index is 12.3. The molecule has 1 saturated heterocycles. The molecule has 2 atom stereocenters. The Morgan fingerprint density at radius 2 is 2.24 bits per heavy atom. The molecule has 1 aromatic heterocycles. The van der Waals surface area contributed by atoms with Crippen LogP contribution in [-0.4, -0.2) is 63.8 Å². The summed E-state index contributed by atoms with van der Waals surface area (Å²) in [7, 11) is 0.162. The number of H-pyrrole nitrogens is 1. The highest BCUT2D eigenvalue weighted by atomic mass is 32.2. The van der Waals surface area contributed by atoms with E-state index in [1.54, 1.807) is 21.0 Å². The van der Waals surface area contributed by atoms with Crippen LogP contribution in [0.5, 0.6) is 0 Å². The standard InChI is InChI=1S/C11H18N4O4S2/c1-7(20-11-13-12-10(17)15(11)3)9(16)14(2)8-4-5-21(18,19)6-8/h7-8H,4-6H2,1-3H3,(H,12,17)/t7-,8-/m0/s1. The van der Waals surface area contributed by atoms with Crippen LogP contribution in [0, 0.1) is 0 Å². The number of amides is 1. The van der Waals surface area contributed by atoms with Crippen LogP contribution >= 0.6 is 11.8 Å². The van der Waals surface area contributed by atoms with Gasteiger partial charge < -0.3 is 4.90 Å². The van der Waals surface area contributed by atoms with Crippen molar-refractivity contribution in [1.82, 2.24) is 19.7 Å². The molecule has 10 heteroatoms. The Morgan fingerprint density at radius 3 is 2.71 bits per heavy atom. The number of nitrogens with one attached hydrogen (secondary N) is 1. The highest BCUT2D eigenvalue weighted by molar-refractivity contribution is 8.00. The van der Waals surface area contributed by atoms with Gasteiger partial charge in [0.2, 0.25) is 5.91 Å². The van der Waals surface area contributed by atoms with E-state index in [4.69, 9.17) is 0 Å². The van der Waals surface area contributed by atoms with E-state index in [-0.39, 0.29) is 29.1 Å². The number of rotatable bonds is 4. The van der Waals surface area contributed by atoms with Gasteiger partial charge in [-0.1, -0.05) is 11.8 Å². The third-order valence-corrected chi connectivity index (χ3v) is 6.45. The predicted octanol–water partition coefficient (Wildman–Crippen LogP) is -0.765. The first-order valence-corrected chi connectivity index (χ1v) is 9.16. The van der Waals surface area contributed by atoms with Gasteiger partial charge in [-0.2, -0.15) is 0 Å². The zero-order chi connectivity index (χ0) is 15.8. The fourth-order valence-corrected chi connectivity index (χ4v) is 4.89. The number of aromatic nitrogens is 3. The second-order valence-electron chi connectivity index (χ2n) is 5.14. The van der Waals surface area contributed by atoms with Gasteiger partial charge in [0.25, 0.3) is 0 Å². The molecule has 21 heavy (non-hydrogen) atoms. The van der Waals surface area contributed by atoms with E-state index in [0.29, 0.717) is 11.6 Å². The van der Waals surface area contributed by atoms with Crippen molar-refractivity contribution in [3.63, 3.8) is 0 Å². The van der Waals surface area contributed by atoms with Gasteiger partial charge >= 0.3 is 5.69 Å². The van der Waals surface area contributed by atoms with Gasteiger partial charge in [-0.05, 0) is 13.3 Å². The quantitative estimate of drug-likeness (QED) is 0.725. The average molecular weight is 334 g/mol. The number of carbonyl (C=O) groups is 1. The molecule has 1 fully saturated rings. The number of nitrogens with zero attached hydrogens (tertiary/aromatic N) is 3. The van der Waals surface area contributed by atoms with Gasteiger partial charge in [0.1, 0.15) is 0 Å². The van der Waals surface area contributed by atoms with Crippen LogP contribution in [0.2, 0.25) is 0 Å². The van der Waals surface area contributed by atoms with E-state index in [1.807, 2.05) is 0 Å². The number of aromatic amines is 1. The zero-order valence-corrected chi connectivity index (χ0v) is 13.7. The van der Waals surface area contributed by atoms with Gasteiger partial charge in [0, 0.05) is 20.1 Å². The fraction of sp³-hybridized carbons (Fsp3) is 0.727. The molecule has 0 radical (unpaired) electrons. The molecule has 0 unspecified atom stereocenters. The summed E-state index contributed by atoms with van der Waals surface area (Å²) in [6.45, 7) is 1.71. The van der Waals surface area contributed by atoms with E-state index in [2.05, 4.69) is 10.2 Å². The van der Waals surface area contributed by atoms with Crippen molar-refractivity contribution >= 4 is 27.5 Å². The lowest BCUT2D eigenvalue weighted by Crippen LogP contribution is -2.41. The molecule has 1 N–H and O–H groups in total. The van der Waals surface area contributed by atoms with Crippen LogP contribution in [0.3, 0.4) is 0 Å². The maximum atomic E-state index is 12.3. The Labute approximate surface area is 126 Å². The van der Waals surface area contributed by atoms with Crippen LogP contribution in [0.25, 0.3) is 0 Å². The number of hydrogen-bond donors (Lipinski definition) is 1. The molecule has 8 nitrogen and oxygen atoms in total. The summed E-state index contributed by atoms with van der Waals surface area (Å²) in [6.07, 6.45) is 0.475. The molecule has 118 valence electrons. The normalized spacial score (nSPS) is 22.1. The summed E-state index contributed by atoms with van der Waals surface area (Å²) in [4.78, 5) is 25.1. The molecule has 0 saturated carbocycles. The van der Waals surface area contributed by atoms with Crippen LogP contribution in [0.1, 0.15) is 13.3 Å². The second-order valence-corrected chi connectivity index (χ2v) is 8.67. The molecule has 1 amide bonds. The van der Waals surface area contributed by atoms with E-state index in [0.717, 1.165) is 0 Å². The minimum atomic E-state index is -3.03. The van der Waals surface area contributed by atoms with Gasteiger partial charge in [0.05, 0.1) is 16.8 Å². The zero-order valence-electron chi connectivity index (χ0n) is 12.1. The largest absolute Gasteiger partial charge is 0.343 e. The molecule has 0 spiro atoms. The van der Waals surface area contributed by atoms with E-state index in [1.165, 1.54) is 21.2 Å². The van der Waals surface area contributed by atoms with Crippen LogP contribution in [-0.2, 0) is 21.7 Å². The summed E-state index contributed by atoms with van der Waals surface area (Å²) in [5.74, 6) is -0.0179. The second kappa shape index (κ2) is 5.84. The predicted molar refractivity (Wildman–Crippen MR) is 79.0 cm³/mol. The molecule has 2 heterocycles. The van der Waals surface area contributed by atoms with Crippen molar-refractivity contribution in [2.45, 2.75) is 29.8 Å². The Bertz CT molecular complexity index is 693. The van der Waals surface area contributed by atoms with Gasteiger partial charge in [-0.25, -0.2) is 18.3 Å². The molecule has 1 aromatic rings. The lowest BCUT2D eigenvalue weighted by molar-refractivity contribution is -0.130. The van der Waals surface area contributed by atoms with E-state index < -0.39 is 15.1 Å². The fourth-order valence-electron chi connectivity index (χ4n) is 2.19. The first-order valence-electron chi connectivity index (χ1n) is 6.46. The molecule has 1 aliphatic rings. The van der Waals surface area contributed by atoms with E-state index >= 15 is 0 Å². The average Bonchev–Trinajstić information content (AvgIpc) is 2.93. The third-order valence-electron chi connectivity index (χ3n) is 3.57. The minimum absolute atomic E-state index is 0.0213. The number of sulfone groups is 1. The monoisotopic (exact) mass is 334 g/mol. The van der Waals surface area contributed by atoms with Crippen molar-refractivity contribution in [1.29, 1.82) is 0 Å². The Balaban J connectivity index is 2.02. The smallest absolute Gasteiger partial charge is 0.341 e. The third kappa shape index (κ3) is 3.49. The van der Waals surface area contributed by atoms with Crippen molar-refractivity contribution in [3.8, 4) is 0 Å². The summed E-state index contributed by atoms with van der Waals surface area (Å²) in [6, 6.07) is -0.270. The van der Waals surface area contributed by atoms with Crippen molar-refractivity contribution in [2.75, 3.05) is 18.6 Å². The first kappa shape index (κ1) is 16.1. The number of hydrogen-bond acceptors (Lipinski definition) is 6. The van der Waals surface area contributed by atoms with Gasteiger partial charge in [0.15, 0.2) is 15.0 Å². The highest BCUT2D eigenvalue weighted by Gasteiger charge is 2.34. The van der Waals surface area contributed by atoms with Gasteiger partial charge in [-0.3, -0.25) is 9.36 Å². The summed E-state index contributed by atoms with van der Waals surface area (Å²) in [5.41, 5.74) is -0.340. The van der Waals surface area contributed by atoms with Crippen LogP contribution in [0.4, 0.5) is 0 Å². The molecule has 0 aliphatic carbocycles. The van der Waals surface area contributed by atoms with Crippen LogP contribution in [0.15, 0.2) is 9.95 Å². The van der Waals surface area contributed by atoms with Gasteiger partial charge in [-0.15, -0.1) is 5.10 Å². The minimum Gasteiger partial charge on any atom is -0.341 e. The number of carbonyl (C=O) groups excluding carboxylic acids is 1. The molecular weight excluding hydrogens is 316 g/mol. The molecular formula is C11H18N4O4S2. The highest BCUT2D eigenvalue weighted by Crippen LogP contribution is 2.23. The van der Waals surface area contributed by atoms with Crippen molar-refractivity contribution in [3.05, 3.63) is 10.5 Å². The van der Waals surface area contributed by atoms with Crippen molar-refractivity contribution in [2.24, 2.45) is 7.05 Å². The lowest BCUT2D eigenvalue weighted by Gasteiger charge is -2.26. The lowest BCUT2D eigenvalue weighted by atomic mass is 10.2. The molecule has 0 aromatic carbocycles.